The van der Waals surface area contributed by atoms with E-state index >= 15 is 0 Å². The molecular formula is C16H25N5O2S2. The molecule has 3 rings (SSSR count). The summed E-state index contributed by atoms with van der Waals surface area (Å²) in [6, 6.07) is 0. The normalized spacial score (nSPS) is 24.2. The third-order valence-electron chi connectivity index (χ3n) is 3.92. The molecule has 2 aromatic heterocycles. The number of imidazole rings is 1. The van der Waals surface area contributed by atoms with E-state index in [1.54, 1.807) is 17.1 Å². The first kappa shape index (κ1) is 18.8. The number of aromatic nitrogens is 4. The van der Waals surface area contributed by atoms with Gasteiger partial charge in [0.25, 0.3) is 0 Å². The average molecular weight is 384 g/mol. The number of nitrogen functional groups attached to an aromatic ring is 1. The van der Waals surface area contributed by atoms with E-state index in [1.807, 2.05) is 15.4 Å². The van der Waals surface area contributed by atoms with Crippen LogP contribution >= 0.6 is 21.6 Å². The van der Waals surface area contributed by atoms with E-state index in [1.165, 1.54) is 6.33 Å². The third kappa shape index (κ3) is 4.39. The number of hydrogen-bond donors (Lipinski definition) is 1. The minimum Gasteiger partial charge on any atom is -0.382 e. The second kappa shape index (κ2) is 7.69. The summed E-state index contributed by atoms with van der Waals surface area (Å²) in [5.41, 5.74) is 7.18. The van der Waals surface area contributed by atoms with Crippen molar-refractivity contribution in [3.8, 4) is 0 Å². The van der Waals surface area contributed by atoms with E-state index in [4.69, 9.17) is 15.2 Å². The highest BCUT2D eigenvalue weighted by Gasteiger charge is 2.36. The van der Waals surface area contributed by atoms with Gasteiger partial charge < -0.3 is 15.2 Å². The van der Waals surface area contributed by atoms with Crippen LogP contribution in [0.3, 0.4) is 0 Å². The first-order valence-electron chi connectivity index (χ1n) is 8.39. The molecule has 1 saturated heterocycles. The number of rotatable bonds is 6. The van der Waals surface area contributed by atoms with Gasteiger partial charge in [-0.05, 0) is 6.42 Å². The molecule has 1 aliphatic rings. The quantitative estimate of drug-likeness (QED) is 0.460. The standard InChI is InChI=1S/C16H25N5O2S2/c1-5-10-11(22-9-24-25-16(2,3)4)6-12(23-10)21-8-20-13-14(17)18-7-19-15(13)21/h7-8,10-12H,5-6,9H2,1-4H3,(H2,17,18,19)/t10-,11?,12-/m1/s1. The van der Waals surface area contributed by atoms with Crippen molar-refractivity contribution < 1.29 is 9.47 Å². The zero-order valence-corrected chi connectivity index (χ0v) is 16.6. The molecule has 0 radical (unpaired) electrons. The predicted octanol–water partition coefficient (Wildman–Crippen LogP) is 3.63. The fourth-order valence-electron chi connectivity index (χ4n) is 2.81. The summed E-state index contributed by atoms with van der Waals surface area (Å²) in [4.78, 5) is 12.6. The number of nitrogens with zero attached hydrogens (tertiary/aromatic N) is 4. The molecule has 2 aromatic rings. The lowest BCUT2D eigenvalue weighted by Crippen LogP contribution is -2.23. The summed E-state index contributed by atoms with van der Waals surface area (Å²) in [5.74, 6) is 1.04. The number of nitrogens with two attached hydrogens (primary N) is 1. The van der Waals surface area contributed by atoms with Crippen molar-refractivity contribution in [3.05, 3.63) is 12.7 Å². The number of anilines is 1. The number of ether oxygens (including phenoxy) is 2. The second-order valence-electron chi connectivity index (χ2n) is 6.99. The van der Waals surface area contributed by atoms with Crippen molar-refractivity contribution in [1.82, 2.24) is 19.5 Å². The molecule has 0 aliphatic carbocycles. The van der Waals surface area contributed by atoms with Gasteiger partial charge in [-0.25, -0.2) is 15.0 Å². The van der Waals surface area contributed by atoms with Gasteiger partial charge in [0.1, 0.15) is 24.0 Å². The third-order valence-corrected chi connectivity index (χ3v) is 6.91. The molecule has 25 heavy (non-hydrogen) atoms. The van der Waals surface area contributed by atoms with Crippen molar-refractivity contribution in [1.29, 1.82) is 0 Å². The first-order chi connectivity index (χ1) is 11.9. The molecule has 7 nitrogen and oxygen atoms in total. The summed E-state index contributed by atoms with van der Waals surface area (Å²) < 4.78 is 14.4. The van der Waals surface area contributed by atoms with Crippen LogP contribution in [0.5, 0.6) is 0 Å². The minimum absolute atomic E-state index is 0.0692. The van der Waals surface area contributed by atoms with E-state index in [2.05, 4.69) is 42.6 Å². The molecule has 138 valence electrons. The summed E-state index contributed by atoms with van der Waals surface area (Å²) in [6.07, 6.45) is 4.85. The van der Waals surface area contributed by atoms with Crippen LogP contribution in [0.4, 0.5) is 5.82 Å². The highest BCUT2D eigenvalue weighted by atomic mass is 33.1. The monoisotopic (exact) mass is 383 g/mol. The smallest absolute Gasteiger partial charge is 0.167 e. The van der Waals surface area contributed by atoms with Crippen molar-refractivity contribution >= 4 is 38.6 Å². The Kier molecular flexibility index (Phi) is 5.77. The van der Waals surface area contributed by atoms with Gasteiger partial charge >= 0.3 is 0 Å². The Morgan fingerprint density at radius 2 is 2.16 bits per heavy atom. The SMILES string of the molecule is CC[C@H]1O[C@@H](n2cnc3c(N)ncnc32)CC1OCSSC(C)(C)C. The van der Waals surface area contributed by atoms with Gasteiger partial charge in [0.05, 0.1) is 18.5 Å². The Labute approximate surface area is 155 Å². The van der Waals surface area contributed by atoms with Crippen molar-refractivity contribution in [2.24, 2.45) is 0 Å². The molecule has 9 heteroatoms. The van der Waals surface area contributed by atoms with Crippen LogP contribution in [-0.2, 0) is 9.47 Å². The maximum atomic E-state index is 6.19. The van der Waals surface area contributed by atoms with Crippen LogP contribution in [0.1, 0.15) is 46.8 Å². The first-order valence-corrected chi connectivity index (χ1v) is 10.7. The van der Waals surface area contributed by atoms with Crippen molar-refractivity contribution in [2.45, 2.75) is 63.7 Å². The van der Waals surface area contributed by atoms with Crippen LogP contribution in [0, 0.1) is 0 Å². The van der Waals surface area contributed by atoms with E-state index in [9.17, 15) is 0 Å². The Morgan fingerprint density at radius 3 is 2.88 bits per heavy atom. The molecule has 1 fully saturated rings. The van der Waals surface area contributed by atoms with Crippen molar-refractivity contribution in [3.63, 3.8) is 0 Å². The van der Waals surface area contributed by atoms with Crippen LogP contribution < -0.4 is 5.73 Å². The number of hydrogen-bond acceptors (Lipinski definition) is 8. The average Bonchev–Trinajstić information content (AvgIpc) is 3.15. The van der Waals surface area contributed by atoms with Gasteiger partial charge in [0.2, 0.25) is 0 Å². The Balaban J connectivity index is 1.65. The van der Waals surface area contributed by atoms with Crippen LogP contribution in [0.2, 0.25) is 0 Å². The van der Waals surface area contributed by atoms with Gasteiger partial charge in [-0.2, -0.15) is 0 Å². The van der Waals surface area contributed by atoms with Crippen LogP contribution in [-0.4, -0.2) is 42.4 Å². The minimum atomic E-state index is -0.144. The molecule has 0 aromatic carbocycles. The Morgan fingerprint density at radius 1 is 1.36 bits per heavy atom. The maximum Gasteiger partial charge on any atom is 0.167 e. The Hall–Kier alpha value is -1.03. The Bertz CT molecular complexity index is 718. The van der Waals surface area contributed by atoms with Gasteiger partial charge in [0.15, 0.2) is 11.5 Å². The molecule has 2 N–H and O–H groups in total. The zero-order chi connectivity index (χ0) is 18.0. The maximum absolute atomic E-state index is 6.19. The fourth-order valence-corrected chi connectivity index (χ4v) is 4.81. The fraction of sp³-hybridized carbons (Fsp3) is 0.688. The molecule has 1 unspecified atom stereocenters. The summed E-state index contributed by atoms with van der Waals surface area (Å²) in [7, 11) is 3.58. The number of fused-ring (bicyclic) bond motifs is 1. The largest absolute Gasteiger partial charge is 0.382 e. The molecule has 3 heterocycles. The molecule has 1 aliphatic heterocycles. The van der Waals surface area contributed by atoms with Gasteiger partial charge in [-0.1, -0.05) is 49.3 Å². The van der Waals surface area contributed by atoms with E-state index < -0.39 is 0 Å². The molecule has 0 spiro atoms. The van der Waals surface area contributed by atoms with Crippen LogP contribution in [0.15, 0.2) is 12.7 Å². The molecule has 0 bridgehead atoms. The summed E-state index contributed by atoms with van der Waals surface area (Å²) in [6.45, 7) is 8.72. The molecule has 0 amide bonds. The van der Waals surface area contributed by atoms with Crippen molar-refractivity contribution in [2.75, 3.05) is 11.7 Å². The zero-order valence-electron chi connectivity index (χ0n) is 15.0. The molecule has 0 saturated carbocycles. The molecule has 3 atom stereocenters. The van der Waals surface area contributed by atoms with Crippen LogP contribution in [0.25, 0.3) is 11.2 Å². The highest BCUT2D eigenvalue weighted by molar-refractivity contribution is 8.77. The summed E-state index contributed by atoms with van der Waals surface area (Å²) >= 11 is 0. The highest BCUT2D eigenvalue weighted by Crippen LogP contribution is 2.38. The summed E-state index contributed by atoms with van der Waals surface area (Å²) in [5, 5.41) is 0. The van der Waals surface area contributed by atoms with E-state index in [-0.39, 0.29) is 23.2 Å². The molecular weight excluding hydrogens is 358 g/mol. The van der Waals surface area contributed by atoms with Gasteiger partial charge in [-0.3, -0.25) is 4.57 Å². The topological polar surface area (TPSA) is 88.1 Å². The lowest BCUT2D eigenvalue weighted by atomic mass is 10.1. The van der Waals surface area contributed by atoms with Gasteiger partial charge in [-0.15, -0.1) is 0 Å². The predicted molar refractivity (Wildman–Crippen MR) is 103 cm³/mol. The van der Waals surface area contributed by atoms with Gasteiger partial charge in [0, 0.05) is 11.2 Å². The lowest BCUT2D eigenvalue weighted by molar-refractivity contribution is -0.0296. The van der Waals surface area contributed by atoms with E-state index in [0.717, 1.165) is 12.8 Å². The lowest BCUT2D eigenvalue weighted by Gasteiger charge is -2.19. The van der Waals surface area contributed by atoms with E-state index in [0.29, 0.717) is 22.9 Å². The second-order valence-corrected chi connectivity index (χ2v) is 10.1.